The van der Waals surface area contributed by atoms with Crippen LogP contribution in [0.1, 0.15) is 40.5 Å². The van der Waals surface area contributed by atoms with Crippen molar-refractivity contribution in [1.29, 1.82) is 0 Å². The molecule has 0 aliphatic carbocycles. The maximum absolute atomic E-state index is 5.54. The minimum absolute atomic E-state index is 0.194. The van der Waals surface area contributed by atoms with E-state index in [1.165, 1.54) is 0 Å². The lowest BCUT2D eigenvalue weighted by molar-refractivity contribution is 0.0285. The fraction of sp³-hybridized carbons (Fsp3) is 1.00. The Labute approximate surface area is 82.0 Å². The Balaban J connectivity index is 4.11. The smallest absolute Gasteiger partial charge is 0.0715 e. The maximum Gasteiger partial charge on any atom is 0.0715 e. The number of hydrazine groups is 1. The quantitative estimate of drug-likeness (QED) is 0.472. The molecule has 13 heavy (non-hydrogen) atoms. The zero-order valence-electron chi connectivity index (χ0n) is 9.34. The van der Waals surface area contributed by atoms with Gasteiger partial charge in [0.1, 0.15) is 0 Å². The molecule has 3 heteroatoms. The van der Waals surface area contributed by atoms with Gasteiger partial charge in [-0.2, -0.15) is 0 Å². The van der Waals surface area contributed by atoms with E-state index in [2.05, 4.69) is 26.2 Å². The van der Waals surface area contributed by atoms with E-state index < -0.39 is 0 Å². The SMILES string of the molecule is CCOC(C)C(NN)C(CC)CC. The van der Waals surface area contributed by atoms with E-state index in [4.69, 9.17) is 10.6 Å². The average Bonchev–Trinajstić information content (AvgIpc) is 2.14. The normalized spacial score (nSPS) is 16.2. The molecule has 0 heterocycles. The topological polar surface area (TPSA) is 47.3 Å². The van der Waals surface area contributed by atoms with Gasteiger partial charge in [0.05, 0.1) is 6.10 Å². The summed E-state index contributed by atoms with van der Waals surface area (Å²) >= 11 is 0. The first-order chi connectivity index (χ1) is 6.21. The molecule has 0 saturated carbocycles. The average molecular weight is 188 g/mol. The van der Waals surface area contributed by atoms with Crippen LogP contribution in [0.5, 0.6) is 0 Å². The van der Waals surface area contributed by atoms with Gasteiger partial charge in [-0.05, 0) is 19.8 Å². The Morgan fingerprint density at radius 1 is 1.23 bits per heavy atom. The van der Waals surface area contributed by atoms with Gasteiger partial charge in [-0.15, -0.1) is 0 Å². The first-order valence-electron chi connectivity index (χ1n) is 5.28. The summed E-state index contributed by atoms with van der Waals surface area (Å²) in [6, 6.07) is 0.273. The van der Waals surface area contributed by atoms with E-state index in [0.29, 0.717) is 5.92 Å². The monoisotopic (exact) mass is 188 g/mol. The van der Waals surface area contributed by atoms with E-state index in [1.54, 1.807) is 0 Å². The minimum Gasteiger partial charge on any atom is -0.377 e. The van der Waals surface area contributed by atoms with Gasteiger partial charge in [0.2, 0.25) is 0 Å². The molecule has 0 aromatic carbocycles. The number of rotatable bonds is 7. The highest BCUT2D eigenvalue weighted by atomic mass is 16.5. The molecule has 0 rings (SSSR count). The van der Waals surface area contributed by atoms with Crippen LogP contribution in [-0.2, 0) is 4.74 Å². The summed E-state index contributed by atoms with van der Waals surface area (Å²) in [5.41, 5.74) is 2.86. The lowest BCUT2D eigenvalue weighted by Gasteiger charge is -2.29. The van der Waals surface area contributed by atoms with Gasteiger partial charge < -0.3 is 4.74 Å². The van der Waals surface area contributed by atoms with Gasteiger partial charge >= 0.3 is 0 Å². The molecule has 3 nitrogen and oxygen atoms in total. The van der Waals surface area contributed by atoms with E-state index in [1.807, 2.05) is 6.92 Å². The summed E-state index contributed by atoms with van der Waals surface area (Å²) in [5, 5.41) is 0. The highest BCUT2D eigenvalue weighted by molar-refractivity contribution is 4.78. The van der Waals surface area contributed by atoms with Crippen LogP contribution < -0.4 is 11.3 Å². The van der Waals surface area contributed by atoms with Gasteiger partial charge in [0.25, 0.3) is 0 Å². The second-order valence-electron chi connectivity index (χ2n) is 3.43. The third-order valence-electron chi connectivity index (χ3n) is 2.68. The predicted molar refractivity (Wildman–Crippen MR) is 56.3 cm³/mol. The van der Waals surface area contributed by atoms with Gasteiger partial charge in [-0.25, -0.2) is 0 Å². The molecular formula is C10H24N2O. The fourth-order valence-electron chi connectivity index (χ4n) is 1.82. The van der Waals surface area contributed by atoms with Crippen molar-refractivity contribution in [2.75, 3.05) is 6.61 Å². The zero-order valence-corrected chi connectivity index (χ0v) is 9.34. The molecule has 0 aliphatic heterocycles. The van der Waals surface area contributed by atoms with E-state index in [9.17, 15) is 0 Å². The number of ether oxygens (including phenoxy) is 1. The molecule has 3 N–H and O–H groups in total. The molecule has 0 aliphatic rings. The van der Waals surface area contributed by atoms with Gasteiger partial charge in [0.15, 0.2) is 0 Å². The van der Waals surface area contributed by atoms with Crippen molar-refractivity contribution in [2.24, 2.45) is 11.8 Å². The second kappa shape index (κ2) is 7.30. The largest absolute Gasteiger partial charge is 0.377 e. The van der Waals surface area contributed by atoms with Gasteiger partial charge in [0, 0.05) is 12.6 Å². The van der Waals surface area contributed by atoms with Crippen LogP contribution in [0, 0.1) is 5.92 Å². The minimum atomic E-state index is 0.194. The lowest BCUT2D eigenvalue weighted by Crippen LogP contribution is -2.48. The molecular weight excluding hydrogens is 164 g/mol. The summed E-state index contributed by atoms with van der Waals surface area (Å²) in [4.78, 5) is 0. The Kier molecular flexibility index (Phi) is 7.23. The van der Waals surface area contributed by atoms with Crippen molar-refractivity contribution in [3.8, 4) is 0 Å². The van der Waals surface area contributed by atoms with E-state index >= 15 is 0 Å². The van der Waals surface area contributed by atoms with Crippen molar-refractivity contribution in [1.82, 2.24) is 5.43 Å². The number of nitrogens with two attached hydrogens (primary N) is 1. The Morgan fingerprint density at radius 2 is 1.77 bits per heavy atom. The number of hydrogen-bond donors (Lipinski definition) is 2. The molecule has 0 spiro atoms. The summed E-state index contributed by atoms with van der Waals surface area (Å²) in [6.07, 6.45) is 2.48. The van der Waals surface area contributed by atoms with Crippen LogP contribution >= 0.6 is 0 Å². The standard InChI is InChI=1S/C10H24N2O/c1-5-9(6-2)10(12-11)8(4)13-7-3/h8-10,12H,5-7,11H2,1-4H3. The van der Waals surface area contributed by atoms with E-state index in [0.717, 1.165) is 19.4 Å². The number of nitrogens with one attached hydrogen (secondary N) is 1. The lowest BCUT2D eigenvalue weighted by atomic mass is 9.91. The van der Waals surface area contributed by atoms with E-state index in [-0.39, 0.29) is 12.1 Å². The molecule has 2 unspecified atom stereocenters. The first kappa shape index (κ1) is 12.9. The molecule has 0 saturated heterocycles. The van der Waals surface area contributed by atoms with Crippen molar-refractivity contribution < 1.29 is 4.74 Å². The Morgan fingerprint density at radius 3 is 2.08 bits per heavy atom. The van der Waals surface area contributed by atoms with Crippen LogP contribution in [-0.4, -0.2) is 18.8 Å². The summed E-state index contributed by atoms with van der Waals surface area (Å²) in [7, 11) is 0. The Hall–Kier alpha value is -0.120. The third kappa shape index (κ3) is 4.07. The van der Waals surface area contributed by atoms with Gasteiger partial charge in [-0.3, -0.25) is 11.3 Å². The van der Waals surface area contributed by atoms with Crippen molar-refractivity contribution in [3.63, 3.8) is 0 Å². The van der Waals surface area contributed by atoms with Crippen molar-refractivity contribution >= 4 is 0 Å². The number of hydrogen-bond acceptors (Lipinski definition) is 3. The van der Waals surface area contributed by atoms with Crippen molar-refractivity contribution in [3.05, 3.63) is 0 Å². The van der Waals surface area contributed by atoms with Crippen LogP contribution in [0.2, 0.25) is 0 Å². The molecule has 0 aromatic rings. The molecule has 80 valence electrons. The maximum atomic E-state index is 5.54. The molecule has 0 bridgehead atoms. The van der Waals surface area contributed by atoms with Crippen LogP contribution in [0.4, 0.5) is 0 Å². The highest BCUT2D eigenvalue weighted by Crippen LogP contribution is 2.17. The first-order valence-corrected chi connectivity index (χ1v) is 5.28. The Bertz CT molecular complexity index is 115. The van der Waals surface area contributed by atoms with Gasteiger partial charge in [-0.1, -0.05) is 26.7 Å². The summed E-state index contributed by atoms with van der Waals surface area (Å²) in [5.74, 6) is 6.13. The third-order valence-corrected chi connectivity index (χ3v) is 2.68. The zero-order chi connectivity index (χ0) is 10.3. The predicted octanol–water partition coefficient (Wildman–Crippen LogP) is 1.68. The van der Waals surface area contributed by atoms with Crippen LogP contribution in [0.25, 0.3) is 0 Å². The van der Waals surface area contributed by atoms with Crippen LogP contribution in [0.3, 0.4) is 0 Å². The molecule has 0 radical (unpaired) electrons. The molecule has 0 aromatic heterocycles. The molecule has 2 atom stereocenters. The highest BCUT2D eigenvalue weighted by Gasteiger charge is 2.23. The fourth-order valence-corrected chi connectivity index (χ4v) is 1.82. The summed E-state index contributed by atoms with van der Waals surface area (Å²) < 4.78 is 5.54. The molecule has 0 amide bonds. The molecule has 0 fully saturated rings. The summed E-state index contributed by atoms with van der Waals surface area (Å²) in [6.45, 7) is 9.22. The van der Waals surface area contributed by atoms with Crippen LogP contribution in [0.15, 0.2) is 0 Å². The van der Waals surface area contributed by atoms with Crippen molar-refractivity contribution in [2.45, 2.75) is 52.7 Å². The second-order valence-corrected chi connectivity index (χ2v) is 3.43.